The molecule has 0 amide bonds. The standard InChI is InChI=1S/C14H17F2N/c15-13-7-4-5-11(14(13)16)8-9-12-6-2-1-3-10-17-12/h4-5,7-9,12,17H,1-3,6,10H2/b9-8+. The molecule has 92 valence electrons. The molecule has 1 aromatic carbocycles. The van der Waals surface area contributed by atoms with Crippen molar-refractivity contribution in [3.05, 3.63) is 41.5 Å². The van der Waals surface area contributed by atoms with Crippen LogP contribution < -0.4 is 5.32 Å². The first-order valence-corrected chi connectivity index (χ1v) is 6.13. The quantitative estimate of drug-likeness (QED) is 0.830. The van der Waals surface area contributed by atoms with Gasteiger partial charge < -0.3 is 5.32 Å². The summed E-state index contributed by atoms with van der Waals surface area (Å²) in [4.78, 5) is 0. The molecule has 1 saturated heterocycles. The van der Waals surface area contributed by atoms with Gasteiger partial charge in [0.25, 0.3) is 0 Å². The summed E-state index contributed by atoms with van der Waals surface area (Å²) in [6, 6.07) is 4.53. The second-order valence-electron chi connectivity index (χ2n) is 4.41. The molecule has 1 nitrogen and oxygen atoms in total. The van der Waals surface area contributed by atoms with E-state index in [1.807, 2.05) is 6.08 Å². The van der Waals surface area contributed by atoms with Crippen LogP contribution in [-0.4, -0.2) is 12.6 Å². The Morgan fingerprint density at radius 1 is 1.18 bits per heavy atom. The highest BCUT2D eigenvalue weighted by Gasteiger charge is 2.09. The maximum absolute atomic E-state index is 13.4. The van der Waals surface area contributed by atoms with Gasteiger partial charge in [-0.15, -0.1) is 0 Å². The van der Waals surface area contributed by atoms with E-state index >= 15 is 0 Å². The highest BCUT2D eigenvalue weighted by Crippen LogP contribution is 2.15. The molecular formula is C14H17F2N. The molecule has 1 unspecified atom stereocenters. The predicted octanol–water partition coefficient (Wildman–Crippen LogP) is 3.51. The molecule has 17 heavy (non-hydrogen) atoms. The molecule has 3 heteroatoms. The Balaban J connectivity index is 2.06. The van der Waals surface area contributed by atoms with E-state index < -0.39 is 11.6 Å². The number of hydrogen-bond acceptors (Lipinski definition) is 1. The third-order valence-electron chi connectivity index (χ3n) is 3.09. The first-order chi connectivity index (χ1) is 8.27. The molecular weight excluding hydrogens is 220 g/mol. The number of halogens is 2. The Labute approximate surface area is 101 Å². The van der Waals surface area contributed by atoms with Crippen molar-refractivity contribution in [2.24, 2.45) is 0 Å². The topological polar surface area (TPSA) is 12.0 Å². The number of benzene rings is 1. The van der Waals surface area contributed by atoms with E-state index in [0.717, 1.165) is 19.0 Å². The lowest BCUT2D eigenvalue weighted by atomic mass is 10.1. The van der Waals surface area contributed by atoms with Gasteiger partial charge in [-0.2, -0.15) is 0 Å². The molecule has 0 radical (unpaired) electrons. The molecule has 0 saturated carbocycles. The predicted molar refractivity (Wildman–Crippen MR) is 65.7 cm³/mol. The van der Waals surface area contributed by atoms with Gasteiger partial charge in [-0.1, -0.05) is 37.1 Å². The summed E-state index contributed by atoms with van der Waals surface area (Å²) in [6.45, 7) is 1.00. The number of nitrogens with one attached hydrogen (secondary N) is 1. The van der Waals surface area contributed by atoms with Gasteiger partial charge in [0.1, 0.15) is 0 Å². The van der Waals surface area contributed by atoms with Gasteiger partial charge >= 0.3 is 0 Å². The van der Waals surface area contributed by atoms with Crippen LogP contribution in [0.15, 0.2) is 24.3 Å². The van der Waals surface area contributed by atoms with Crippen molar-refractivity contribution in [1.82, 2.24) is 5.32 Å². The third kappa shape index (κ3) is 3.37. The average Bonchev–Trinajstić information content (AvgIpc) is 2.59. The molecule has 1 aromatic rings. The Kier molecular flexibility index (Phi) is 4.26. The van der Waals surface area contributed by atoms with Gasteiger partial charge in [-0.05, 0) is 25.5 Å². The maximum atomic E-state index is 13.4. The van der Waals surface area contributed by atoms with Gasteiger partial charge in [0.15, 0.2) is 11.6 Å². The highest BCUT2D eigenvalue weighted by molar-refractivity contribution is 5.50. The molecule has 0 bridgehead atoms. The lowest BCUT2D eigenvalue weighted by Crippen LogP contribution is -2.25. The maximum Gasteiger partial charge on any atom is 0.166 e. The normalized spacial score (nSPS) is 21.6. The number of hydrogen-bond donors (Lipinski definition) is 1. The summed E-state index contributed by atoms with van der Waals surface area (Å²) in [7, 11) is 0. The van der Waals surface area contributed by atoms with E-state index in [4.69, 9.17) is 0 Å². The highest BCUT2D eigenvalue weighted by atomic mass is 19.2. The average molecular weight is 237 g/mol. The first kappa shape index (κ1) is 12.2. The fourth-order valence-corrected chi connectivity index (χ4v) is 2.09. The minimum Gasteiger partial charge on any atom is -0.311 e. The van der Waals surface area contributed by atoms with Crippen LogP contribution in [0.25, 0.3) is 6.08 Å². The first-order valence-electron chi connectivity index (χ1n) is 6.13. The Morgan fingerprint density at radius 2 is 2.06 bits per heavy atom. The fourth-order valence-electron chi connectivity index (χ4n) is 2.09. The monoisotopic (exact) mass is 237 g/mol. The zero-order valence-electron chi connectivity index (χ0n) is 9.76. The van der Waals surface area contributed by atoms with Crippen LogP contribution in [0.3, 0.4) is 0 Å². The van der Waals surface area contributed by atoms with Gasteiger partial charge in [-0.25, -0.2) is 8.78 Å². The van der Waals surface area contributed by atoms with Crippen molar-refractivity contribution >= 4 is 6.08 Å². The SMILES string of the molecule is Fc1cccc(/C=C/C2CCCCCN2)c1F. The van der Waals surface area contributed by atoms with Crippen LogP contribution in [0, 0.1) is 11.6 Å². The zero-order chi connectivity index (χ0) is 12.1. The van der Waals surface area contributed by atoms with E-state index in [0.29, 0.717) is 5.56 Å². The molecule has 1 N–H and O–H groups in total. The van der Waals surface area contributed by atoms with Gasteiger partial charge in [-0.3, -0.25) is 0 Å². The van der Waals surface area contributed by atoms with E-state index in [9.17, 15) is 8.78 Å². The summed E-state index contributed by atoms with van der Waals surface area (Å²) in [5.74, 6) is -1.56. The van der Waals surface area contributed by atoms with Crippen LogP contribution in [0.2, 0.25) is 0 Å². The van der Waals surface area contributed by atoms with Crippen molar-refractivity contribution in [3.63, 3.8) is 0 Å². The zero-order valence-corrected chi connectivity index (χ0v) is 9.76. The second kappa shape index (κ2) is 5.92. The second-order valence-corrected chi connectivity index (χ2v) is 4.41. The lowest BCUT2D eigenvalue weighted by molar-refractivity contribution is 0.507. The number of rotatable bonds is 2. The van der Waals surface area contributed by atoms with Crippen LogP contribution in [0.5, 0.6) is 0 Å². The van der Waals surface area contributed by atoms with Crippen LogP contribution in [0.4, 0.5) is 8.78 Å². The molecule has 1 atom stereocenters. The molecule has 1 fully saturated rings. The van der Waals surface area contributed by atoms with Crippen molar-refractivity contribution in [2.75, 3.05) is 6.54 Å². The fraction of sp³-hybridized carbons (Fsp3) is 0.429. The van der Waals surface area contributed by atoms with Gasteiger partial charge in [0.05, 0.1) is 0 Å². The summed E-state index contributed by atoms with van der Waals surface area (Å²) in [6.07, 6.45) is 8.29. The molecule has 0 spiro atoms. The Morgan fingerprint density at radius 3 is 2.94 bits per heavy atom. The Bertz CT molecular complexity index is 393. The van der Waals surface area contributed by atoms with Crippen molar-refractivity contribution in [2.45, 2.75) is 31.7 Å². The van der Waals surface area contributed by atoms with E-state index in [-0.39, 0.29) is 6.04 Å². The smallest absolute Gasteiger partial charge is 0.166 e. The van der Waals surface area contributed by atoms with Crippen molar-refractivity contribution < 1.29 is 8.78 Å². The van der Waals surface area contributed by atoms with Crippen molar-refractivity contribution in [3.8, 4) is 0 Å². The summed E-state index contributed by atoms with van der Waals surface area (Å²) < 4.78 is 26.4. The van der Waals surface area contributed by atoms with E-state index in [1.54, 1.807) is 12.1 Å². The van der Waals surface area contributed by atoms with Crippen molar-refractivity contribution in [1.29, 1.82) is 0 Å². The summed E-state index contributed by atoms with van der Waals surface area (Å²) in [5, 5.41) is 3.38. The molecule has 0 aliphatic carbocycles. The minimum absolute atomic E-state index is 0.278. The van der Waals surface area contributed by atoms with E-state index in [1.165, 1.54) is 25.3 Å². The van der Waals surface area contributed by atoms with Gasteiger partial charge in [0.2, 0.25) is 0 Å². The third-order valence-corrected chi connectivity index (χ3v) is 3.09. The van der Waals surface area contributed by atoms with Crippen LogP contribution in [0.1, 0.15) is 31.2 Å². The van der Waals surface area contributed by atoms with Gasteiger partial charge in [0, 0.05) is 11.6 Å². The largest absolute Gasteiger partial charge is 0.311 e. The summed E-state index contributed by atoms with van der Waals surface area (Å²) >= 11 is 0. The molecule has 2 rings (SSSR count). The summed E-state index contributed by atoms with van der Waals surface area (Å²) in [5.41, 5.74) is 0.316. The minimum atomic E-state index is -0.791. The molecule has 1 aliphatic heterocycles. The molecule has 0 aromatic heterocycles. The molecule has 1 aliphatic rings. The lowest BCUT2D eigenvalue weighted by Gasteiger charge is -2.10. The van der Waals surface area contributed by atoms with Crippen LogP contribution >= 0.6 is 0 Å². The van der Waals surface area contributed by atoms with E-state index in [2.05, 4.69) is 5.32 Å². The molecule has 1 heterocycles. The van der Waals surface area contributed by atoms with Crippen LogP contribution in [-0.2, 0) is 0 Å². The Hall–Kier alpha value is -1.22.